The second-order valence-corrected chi connectivity index (χ2v) is 5.70. The van der Waals surface area contributed by atoms with E-state index in [9.17, 15) is 0 Å². The van der Waals surface area contributed by atoms with Gasteiger partial charge in [-0.1, -0.05) is 17.3 Å². The van der Waals surface area contributed by atoms with Crippen molar-refractivity contribution in [2.45, 2.75) is 32.7 Å². The molecule has 1 aromatic carbocycles. The SMILES string of the molecule is Cc1cc(/C(N)=N/O)ccc1CNCC1(CCO)CC1. The Hall–Kier alpha value is -1.59. The van der Waals surface area contributed by atoms with Crippen molar-refractivity contribution in [3.63, 3.8) is 0 Å². The fourth-order valence-corrected chi connectivity index (χ4v) is 2.50. The molecule has 5 heteroatoms. The van der Waals surface area contributed by atoms with Gasteiger partial charge in [0.05, 0.1) is 0 Å². The smallest absolute Gasteiger partial charge is 0.170 e. The minimum Gasteiger partial charge on any atom is -0.409 e. The highest BCUT2D eigenvalue weighted by Crippen LogP contribution is 2.47. The first kappa shape index (κ1) is 14.8. The van der Waals surface area contributed by atoms with Gasteiger partial charge in [0.15, 0.2) is 5.84 Å². The number of oxime groups is 1. The van der Waals surface area contributed by atoms with E-state index in [0.717, 1.165) is 30.6 Å². The Bertz CT molecular complexity index is 496. The van der Waals surface area contributed by atoms with Crippen LogP contribution in [0.4, 0.5) is 0 Å². The summed E-state index contributed by atoms with van der Waals surface area (Å²) in [6, 6.07) is 5.79. The summed E-state index contributed by atoms with van der Waals surface area (Å²) in [7, 11) is 0. The van der Waals surface area contributed by atoms with Crippen LogP contribution in [0.25, 0.3) is 0 Å². The molecule has 0 radical (unpaired) electrons. The van der Waals surface area contributed by atoms with E-state index in [1.807, 2.05) is 25.1 Å². The molecule has 1 aromatic rings. The summed E-state index contributed by atoms with van der Waals surface area (Å²) in [6.07, 6.45) is 3.31. The maximum Gasteiger partial charge on any atom is 0.170 e. The number of aliphatic hydroxyl groups is 1. The molecule has 1 saturated carbocycles. The third kappa shape index (κ3) is 3.49. The van der Waals surface area contributed by atoms with Crippen LogP contribution in [-0.2, 0) is 6.54 Å². The van der Waals surface area contributed by atoms with Crippen molar-refractivity contribution in [3.8, 4) is 0 Å². The average molecular weight is 277 g/mol. The fraction of sp³-hybridized carbons (Fsp3) is 0.533. The van der Waals surface area contributed by atoms with E-state index in [0.29, 0.717) is 5.41 Å². The van der Waals surface area contributed by atoms with Crippen LogP contribution in [-0.4, -0.2) is 29.3 Å². The maximum atomic E-state index is 9.04. The molecule has 0 heterocycles. The van der Waals surface area contributed by atoms with Crippen LogP contribution in [0.5, 0.6) is 0 Å². The quantitative estimate of drug-likeness (QED) is 0.262. The fourth-order valence-electron chi connectivity index (χ4n) is 2.50. The third-order valence-corrected chi connectivity index (χ3v) is 4.16. The molecule has 1 aliphatic rings. The predicted octanol–water partition coefficient (Wildman–Crippen LogP) is 1.34. The van der Waals surface area contributed by atoms with Crippen molar-refractivity contribution >= 4 is 5.84 Å². The molecule has 0 amide bonds. The summed E-state index contributed by atoms with van der Waals surface area (Å²) in [5.41, 5.74) is 8.96. The molecular formula is C15H23N3O2. The zero-order chi connectivity index (χ0) is 14.6. The van der Waals surface area contributed by atoms with Gasteiger partial charge in [0.1, 0.15) is 0 Å². The highest BCUT2D eigenvalue weighted by Gasteiger charge is 2.41. The monoisotopic (exact) mass is 277 g/mol. The molecule has 0 bridgehead atoms. The Balaban J connectivity index is 1.90. The lowest BCUT2D eigenvalue weighted by molar-refractivity contribution is 0.245. The van der Waals surface area contributed by atoms with Gasteiger partial charge >= 0.3 is 0 Å². The van der Waals surface area contributed by atoms with Crippen LogP contribution in [0.3, 0.4) is 0 Å². The first-order chi connectivity index (χ1) is 9.60. The molecule has 0 spiro atoms. The molecule has 0 atom stereocenters. The number of rotatable bonds is 7. The number of aryl methyl sites for hydroxylation is 1. The van der Waals surface area contributed by atoms with E-state index in [-0.39, 0.29) is 12.4 Å². The van der Waals surface area contributed by atoms with Crippen LogP contribution in [0.2, 0.25) is 0 Å². The van der Waals surface area contributed by atoms with E-state index in [1.165, 1.54) is 18.4 Å². The van der Waals surface area contributed by atoms with Gasteiger partial charge in [-0.3, -0.25) is 0 Å². The van der Waals surface area contributed by atoms with E-state index >= 15 is 0 Å². The van der Waals surface area contributed by atoms with Gasteiger partial charge in [-0.05, 0) is 48.8 Å². The molecule has 0 saturated heterocycles. The minimum absolute atomic E-state index is 0.132. The van der Waals surface area contributed by atoms with Gasteiger partial charge in [-0.25, -0.2) is 0 Å². The summed E-state index contributed by atoms with van der Waals surface area (Å²) >= 11 is 0. The molecule has 110 valence electrons. The molecule has 0 aromatic heterocycles. The number of nitrogens with zero attached hydrogens (tertiary/aromatic N) is 1. The summed E-state index contributed by atoms with van der Waals surface area (Å²) < 4.78 is 0. The van der Waals surface area contributed by atoms with Gasteiger partial charge < -0.3 is 21.4 Å². The lowest BCUT2D eigenvalue weighted by Gasteiger charge is -2.15. The number of hydrogen-bond donors (Lipinski definition) is 4. The minimum atomic E-state index is 0.132. The summed E-state index contributed by atoms with van der Waals surface area (Å²) in [5, 5.41) is 24.2. The summed E-state index contributed by atoms with van der Waals surface area (Å²) in [4.78, 5) is 0. The Morgan fingerprint density at radius 1 is 1.45 bits per heavy atom. The van der Waals surface area contributed by atoms with Crippen molar-refractivity contribution < 1.29 is 10.3 Å². The molecule has 20 heavy (non-hydrogen) atoms. The molecule has 1 aliphatic carbocycles. The van der Waals surface area contributed by atoms with Crippen molar-refractivity contribution in [3.05, 3.63) is 34.9 Å². The molecular weight excluding hydrogens is 254 g/mol. The normalized spacial score (nSPS) is 17.2. The predicted molar refractivity (Wildman–Crippen MR) is 78.8 cm³/mol. The van der Waals surface area contributed by atoms with Gasteiger partial charge in [0, 0.05) is 25.3 Å². The van der Waals surface area contributed by atoms with Crippen LogP contribution >= 0.6 is 0 Å². The lowest BCUT2D eigenvalue weighted by atomic mass is 10.0. The number of aliphatic hydroxyl groups excluding tert-OH is 1. The van der Waals surface area contributed by atoms with E-state index < -0.39 is 0 Å². The average Bonchev–Trinajstić information content (AvgIpc) is 3.20. The van der Waals surface area contributed by atoms with Crippen molar-refractivity contribution in [2.24, 2.45) is 16.3 Å². The van der Waals surface area contributed by atoms with E-state index in [2.05, 4.69) is 10.5 Å². The second kappa shape index (κ2) is 6.24. The number of amidine groups is 1. The summed E-state index contributed by atoms with van der Waals surface area (Å²) in [5.74, 6) is 0.132. The van der Waals surface area contributed by atoms with Crippen LogP contribution in [0, 0.1) is 12.3 Å². The zero-order valence-corrected chi connectivity index (χ0v) is 11.9. The van der Waals surface area contributed by atoms with Crippen molar-refractivity contribution in [1.82, 2.24) is 5.32 Å². The van der Waals surface area contributed by atoms with E-state index in [1.54, 1.807) is 0 Å². The Kier molecular flexibility index (Phi) is 4.62. The molecule has 1 fully saturated rings. The number of nitrogens with one attached hydrogen (secondary N) is 1. The first-order valence-electron chi connectivity index (χ1n) is 6.99. The topological polar surface area (TPSA) is 90.9 Å². The molecule has 5 nitrogen and oxygen atoms in total. The molecule has 0 unspecified atom stereocenters. The Morgan fingerprint density at radius 3 is 2.75 bits per heavy atom. The molecule has 2 rings (SSSR count). The van der Waals surface area contributed by atoms with Crippen molar-refractivity contribution in [1.29, 1.82) is 0 Å². The molecule has 5 N–H and O–H groups in total. The van der Waals surface area contributed by atoms with Crippen LogP contribution in [0.15, 0.2) is 23.4 Å². The number of nitrogens with two attached hydrogens (primary N) is 1. The van der Waals surface area contributed by atoms with Gasteiger partial charge in [0.2, 0.25) is 0 Å². The number of benzene rings is 1. The highest BCUT2D eigenvalue weighted by molar-refractivity contribution is 5.97. The Labute approximate surface area is 119 Å². The van der Waals surface area contributed by atoms with Crippen molar-refractivity contribution in [2.75, 3.05) is 13.2 Å². The van der Waals surface area contributed by atoms with Gasteiger partial charge in [-0.2, -0.15) is 0 Å². The maximum absolute atomic E-state index is 9.04. The van der Waals surface area contributed by atoms with Gasteiger partial charge in [-0.15, -0.1) is 0 Å². The number of hydrogen-bond acceptors (Lipinski definition) is 4. The van der Waals surface area contributed by atoms with Gasteiger partial charge in [0.25, 0.3) is 0 Å². The first-order valence-corrected chi connectivity index (χ1v) is 6.99. The lowest BCUT2D eigenvalue weighted by Crippen LogP contribution is -2.24. The van der Waals surface area contributed by atoms with Crippen LogP contribution in [0.1, 0.15) is 36.0 Å². The third-order valence-electron chi connectivity index (χ3n) is 4.16. The standard InChI is InChI=1S/C15H23N3O2/c1-11-8-12(14(16)18-20)2-3-13(11)9-17-10-15(4-5-15)6-7-19/h2-3,8,17,19-20H,4-7,9-10H2,1H3,(H2,16,18). The second-order valence-electron chi connectivity index (χ2n) is 5.70. The van der Waals surface area contributed by atoms with Crippen LogP contribution < -0.4 is 11.1 Å². The molecule has 0 aliphatic heterocycles. The van der Waals surface area contributed by atoms with E-state index in [4.69, 9.17) is 16.0 Å². The zero-order valence-electron chi connectivity index (χ0n) is 11.9. The Morgan fingerprint density at radius 2 is 2.20 bits per heavy atom. The highest BCUT2D eigenvalue weighted by atomic mass is 16.4. The largest absolute Gasteiger partial charge is 0.409 e. The summed E-state index contributed by atoms with van der Waals surface area (Å²) in [6.45, 7) is 4.05.